The zero-order valence-electron chi connectivity index (χ0n) is 10.8. The topological polar surface area (TPSA) is 33.4 Å². The second kappa shape index (κ2) is 5.26. The quantitative estimate of drug-likeness (QED) is 0.586. The molecular weight excluding hydrogens is 384 g/mol. The fourth-order valence-corrected chi connectivity index (χ4v) is 3.56. The van der Waals surface area contributed by atoms with Crippen molar-refractivity contribution in [2.24, 2.45) is 0 Å². The van der Waals surface area contributed by atoms with Gasteiger partial charge in [0.1, 0.15) is 17.1 Å². The number of aryl methyl sites for hydroxylation is 1. The number of halogens is 2. The molecule has 102 valence electrons. The van der Waals surface area contributed by atoms with Gasteiger partial charge in [0, 0.05) is 17.4 Å². The normalized spacial score (nSPS) is 11.2. The lowest BCUT2D eigenvalue weighted by Gasteiger charge is -2.06. The SMILES string of the molecule is CCc1oc2ccccc2c1-c1cc(Br)c(O)c(Br)c1. The Morgan fingerprint density at radius 3 is 2.40 bits per heavy atom. The van der Waals surface area contributed by atoms with Gasteiger partial charge in [0.05, 0.1) is 8.95 Å². The van der Waals surface area contributed by atoms with Crippen molar-refractivity contribution in [3.63, 3.8) is 0 Å². The molecule has 1 aromatic heterocycles. The molecule has 0 unspecified atom stereocenters. The van der Waals surface area contributed by atoms with Crippen molar-refractivity contribution in [1.82, 2.24) is 0 Å². The van der Waals surface area contributed by atoms with Crippen molar-refractivity contribution in [2.75, 3.05) is 0 Å². The number of rotatable bonds is 2. The Balaban J connectivity index is 2.33. The fraction of sp³-hybridized carbons (Fsp3) is 0.125. The number of benzene rings is 2. The maximum absolute atomic E-state index is 9.85. The van der Waals surface area contributed by atoms with Crippen molar-refractivity contribution in [1.29, 1.82) is 0 Å². The summed E-state index contributed by atoms with van der Waals surface area (Å²) in [5.41, 5.74) is 2.99. The van der Waals surface area contributed by atoms with Crippen LogP contribution in [0.5, 0.6) is 5.75 Å². The Bertz CT molecular complexity index is 767. The molecule has 0 radical (unpaired) electrons. The molecular formula is C16H12Br2O2. The van der Waals surface area contributed by atoms with Gasteiger partial charge in [-0.3, -0.25) is 0 Å². The first kappa shape index (κ1) is 13.7. The smallest absolute Gasteiger partial charge is 0.143 e. The first-order valence-electron chi connectivity index (χ1n) is 6.30. The zero-order valence-corrected chi connectivity index (χ0v) is 14.0. The van der Waals surface area contributed by atoms with Gasteiger partial charge < -0.3 is 9.52 Å². The van der Waals surface area contributed by atoms with Gasteiger partial charge in [-0.25, -0.2) is 0 Å². The number of fused-ring (bicyclic) bond motifs is 1. The Morgan fingerprint density at radius 1 is 1.10 bits per heavy atom. The van der Waals surface area contributed by atoms with Gasteiger partial charge in [-0.05, 0) is 55.6 Å². The predicted molar refractivity (Wildman–Crippen MR) is 88.1 cm³/mol. The lowest BCUT2D eigenvalue weighted by Crippen LogP contribution is -1.84. The minimum absolute atomic E-state index is 0.208. The summed E-state index contributed by atoms with van der Waals surface area (Å²) >= 11 is 6.76. The summed E-state index contributed by atoms with van der Waals surface area (Å²) in [7, 11) is 0. The van der Waals surface area contributed by atoms with Crippen LogP contribution in [-0.4, -0.2) is 5.11 Å². The molecule has 3 rings (SSSR count). The van der Waals surface area contributed by atoms with Crippen molar-refractivity contribution in [3.05, 3.63) is 51.1 Å². The molecule has 4 heteroatoms. The van der Waals surface area contributed by atoms with Gasteiger partial charge in [0.25, 0.3) is 0 Å². The highest BCUT2D eigenvalue weighted by molar-refractivity contribution is 9.11. The molecule has 0 aliphatic carbocycles. The van der Waals surface area contributed by atoms with Crippen molar-refractivity contribution in [3.8, 4) is 16.9 Å². The van der Waals surface area contributed by atoms with E-state index in [4.69, 9.17) is 4.42 Å². The van der Waals surface area contributed by atoms with Crippen LogP contribution in [0.4, 0.5) is 0 Å². The van der Waals surface area contributed by atoms with Gasteiger partial charge in [-0.2, -0.15) is 0 Å². The van der Waals surface area contributed by atoms with Crippen LogP contribution in [0, 0.1) is 0 Å². The monoisotopic (exact) mass is 394 g/mol. The number of hydrogen-bond acceptors (Lipinski definition) is 2. The fourth-order valence-electron chi connectivity index (χ4n) is 2.37. The molecule has 3 aromatic rings. The lowest BCUT2D eigenvalue weighted by atomic mass is 10.0. The van der Waals surface area contributed by atoms with Crippen molar-refractivity contribution >= 4 is 42.8 Å². The number of furan rings is 1. The Morgan fingerprint density at radius 2 is 1.75 bits per heavy atom. The van der Waals surface area contributed by atoms with Gasteiger partial charge >= 0.3 is 0 Å². The standard InChI is InChI=1S/C16H12Br2O2/c1-2-13-15(10-5-3-4-6-14(10)20-13)9-7-11(17)16(19)12(18)8-9/h3-8,19H,2H2,1H3. The van der Waals surface area contributed by atoms with E-state index in [1.54, 1.807) is 0 Å². The molecule has 2 aromatic carbocycles. The maximum atomic E-state index is 9.85. The highest BCUT2D eigenvalue weighted by Gasteiger charge is 2.16. The number of phenols is 1. The summed E-state index contributed by atoms with van der Waals surface area (Å²) in [6.45, 7) is 2.08. The third-order valence-corrected chi connectivity index (χ3v) is 4.50. The molecule has 0 bridgehead atoms. The molecule has 0 amide bonds. The summed E-state index contributed by atoms with van der Waals surface area (Å²) < 4.78 is 7.24. The van der Waals surface area contributed by atoms with Gasteiger partial charge in [0.2, 0.25) is 0 Å². The van der Waals surface area contributed by atoms with Gasteiger partial charge in [0.15, 0.2) is 0 Å². The Hall–Kier alpha value is -1.26. The van der Waals surface area contributed by atoms with Crippen molar-refractivity contribution in [2.45, 2.75) is 13.3 Å². The largest absolute Gasteiger partial charge is 0.506 e. The van der Waals surface area contributed by atoms with E-state index in [2.05, 4.69) is 44.8 Å². The molecule has 0 saturated heterocycles. The number of phenolic OH excluding ortho intramolecular Hbond substituents is 1. The molecule has 1 heterocycles. The highest BCUT2D eigenvalue weighted by Crippen LogP contribution is 2.41. The molecule has 0 aliphatic heterocycles. The molecule has 0 spiro atoms. The number of hydrogen-bond donors (Lipinski definition) is 1. The molecule has 1 N–H and O–H groups in total. The van der Waals surface area contributed by atoms with Crippen LogP contribution in [0.1, 0.15) is 12.7 Å². The number of para-hydroxylation sites is 1. The van der Waals surface area contributed by atoms with E-state index in [1.165, 1.54) is 0 Å². The summed E-state index contributed by atoms with van der Waals surface area (Å²) in [4.78, 5) is 0. The summed E-state index contributed by atoms with van der Waals surface area (Å²) in [6, 6.07) is 11.8. The molecule has 0 atom stereocenters. The highest BCUT2D eigenvalue weighted by atomic mass is 79.9. The summed E-state index contributed by atoms with van der Waals surface area (Å²) in [5, 5.41) is 10.9. The number of aromatic hydroxyl groups is 1. The van der Waals surface area contributed by atoms with Crippen LogP contribution < -0.4 is 0 Å². The van der Waals surface area contributed by atoms with E-state index < -0.39 is 0 Å². The van der Waals surface area contributed by atoms with Crippen LogP contribution in [0.2, 0.25) is 0 Å². The van der Waals surface area contributed by atoms with Crippen LogP contribution >= 0.6 is 31.9 Å². The maximum Gasteiger partial charge on any atom is 0.143 e. The van der Waals surface area contributed by atoms with Gasteiger partial charge in [-0.15, -0.1) is 0 Å². The minimum atomic E-state index is 0.208. The van der Waals surface area contributed by atoms with Crippen LogP contribution in [0.15, 0.2) is 49.8 Å². The Labute approximate surface area is 133 Å². The van der Waals surface area contributed by atoms with Crippen LogP contribution in [0.3, 0.4) is 0 Å². The molecule has 20 heavy (non-hydrogen) atoms. The average Bonchev–Trinajstić information content (AvgIpc) is 2.82. The first-order chi connectivity index (χ1) is 9.61. The second-order valence-corrected chi connectivity index (χ2v) is 6.25. The van der Waals surface area contributed by atoms with Gasteiger partial charge in [-0.1, -0.05) is 25.1 Å². The molecule has 2 nitrogen and oxygen atoms in total. The molecule has 0 aliphatic rings. The van der Waals surface area contributed by atoms with Crippen LogP contribution in [-0.2, 0) is 6.42 Å². The van der Waals surface area contributed by atoms with Crippen LogP contribution in [0.25, 0.3) is 22.1 Å². The van der Waals surface area contributed by atoms with Crippen molar-refractivity contribution < 1.29 is 9.52 Å². The predicted octanol–water partition coefficient (Wildman–Crippen LogP) is 5.89. The summed E-state index contributed by atoms with van der Waals surface area (Å²) in [6.07, 6.45) is 0.820. The third kappa shape index (κ3) is 2.17. The van der Waals surface area contributed by atoms with E-state index in [0.29, 0.717) is 8.95 Å². The third-order valence-electron chi connectivity index (χ3n) is 3.30. The molecule has 0 saturated carbocycles. The van der Waals surface area contributed by atoms with E-state index >= 15 is 0 Å². The zero-order chi connectivity index (χ0) is 14.3. The van der Waals surface area contributed by atoms with E-state index in [9.17, 15) is 5.11 Å². The second-order valence-electron chi connectivity index (χ2n) is 4.54. The molecule has 0 fully saturated rings. The lowest BCUT2D eigenvalue weighted by molar-refractivity contribution is 0.468. The Kier molecular flexibility index (Phi) is 3.61. The van der Waals surface area contributed by atoms with E-state index in [0.717, 1.165) is 34.3 Å². The average molecular weight is 396 g/mol. The minimum Gasteiger partial charge on any atom is -0.506 e. The first-order valence-corrected chi connectivity index (χ1v) is 7.89. The van der Waals surface area contributed by atoms with E-state index in [1.807, 2.05) is 30.3 Å². The summed E-state index contributed by atoms with van der Waals surface area (Å²) in [5.74, 6) is 1.16. The van der Waals surface area contributed by atoms with E-state index in [-0.39, 0.29) is 5.75 Å².